The number of nitrogens with one attached hydrogen (secondary N) is 1. The van der Waals surface area contributed by atoms with Crippen LogP contribution in [0.4, 0.5) is 5.69 Å². The van der Waals surface area contributed by atoms with E-state index in [2.05, 4.69) is 69.4 Å². The van der Waals surface area contributed by atoms with Crippen molar-refractivity contribution in [1.82, 2.24) is 0 Å². The van der Waals surface area contributed by atoms with Crippen LogP contribution in [0, 0.1) is 13.8 Å². The first-order chi connectivity index (χ1) is 9.54. The molecule has 1 unspecified atom stereocenters. The fraction of sp³-hybridized carbons (Fsp3) is 0.368. The molecule has 3 rings (SSSR count). The average Bonchev–Trinajstić information content (AvgIpc) is 2.83. The molecule has 20 heavy (non-hydrogen) atoms. The van der Waals surface area contributed by atoms with Gasteiger partial charge in [0.25, 0.3) is 0 Å². The Morgan fingerprint density at radius 2 is 1.75 bits per heavy atom. The number of benzene rings is 2. The zero-order valence-electron chi connectivity index (χ0n) is 12.8. The highest BCUT2D eigenvalue weighted by atomic mass is 14.9. The van der Waals surface area contributed by atoms with E-state index in [1.165, 1.54) is 33.5 Å². The van der Waals surface area contributed by atoms with Gasteiger partial charge in [-0.1, -0.05) is 44.2 Å². The monoisotopic (exact) mass is 265 g/mol. The van der Waals surface area contributed by atoms with E-state index >= 15 is 0 Å². The van der Waals surface area contributed by atoms with Crippen molar-refractivity contribution in [3.63, 3.8) is 0 Å². The highest BCUT2D eigenvalue weighted by Crippen LogP contribution is 2.37. The predicted molar refractivity (Wildman–Crippen MR) is 86.5 cm³/mol. The fourth-order valence-corrected chi connectivity index (χ4v) is 3.15. The zero-order valence-corrected chi connectivity index (χ0v) is 12.8. The molecule has 2 aromatic rings. The van der Waals surface area contributed by atoms with Gasteiger partial charge in [-0.3, -0.25) is 0 Å². The SMILES string of the molecule is Cc1cc(C)c2c(c1)NC(c1ccc(C(C)C)cc1)C2. The molecule has 0 saturated heterocycles. The van der Waals surface area contributed by atoms with Gasteiger partial charge in [0.15, 0.2) is 0 Å². The van der Waals surface area contributed by atoms with Crippen LogP contribution in [-0.4, -0.2) is 0 Å². The van der Waals surface area contributed by atoms with Gasteiger partial charge in [0.05, 0.1) is 6.04 Å². The summed E-state index contributed by atoms with van der Waals surface area (Å²) >= 11 is 0. The summed E-state index contributed by atoms with van der Waals surface area (Å²) in [6.07, 6.45) is 1.10. The van der Waals surface area contributed by atoms with Crippen LogP contribution >= 0.6 is 0 Å². The van der Waals surface area contributed by atoms with E-state index in [1.54, 1.807) is 0 Å². The number of hydrogen-bond acceptors (Lipinski definition) is 1. The Morgan fingerprint density at radius 1 is 1.05 bits per heavy atom. The van der Waals surface area contributed by atoms with Crippen molar-refractivity contribution in [3.8, 4) is 0 Å². The summed E-state index contributed by atoms with van der Waals surface area (Å²) in [5.41, 5.74) is 8.35. The maximum absolute atomic E-state index is 3.68. The molecule has 2 aromatic carbocycles. The molecule has 0 amide bonds. The molecule has 1 nitrogen and oxygen atoms in total. The Kier molecular flexibility index (Phi) is 3.29. The standard InChI is InChI=1S/C19H23N/c1-12(2)15-5-7-16(8-6-15)18-11-17-14(4)9-13(3)10-19(17)20-18/h5-10,12,18,20H,11H2,1-4H3. The minimum Gasteiger partial charge on any atom is -0.378 e. The van der Waals surface area contributed by atoms with Crippen LogP contribution in [0.3, 0.4) is 0 Å². The third-order valence-corrected chi connectivity index (χ3v) is 4.36. The first-order valence-corrected chi connectivity index (χ1v) is 7.51. The van der Waals surface area contributed by atoms with Gasteiger partial charge < -0.3 is 5.32 Å². The summed E-state index contributed by atoms with van der Waals surface area (Å²) in [4.78, 5) is 0. The second-order valence-corrected chi connectivity index (χ2v) is 6.33. The number of aryl methyl sites for hydroxylation is 2. The van der Waals surface area contributed by atoms with Crippen LogP contribution < -0.4 is 5.32 Å². The van der Waals surface area contributed by atoms with E-state index in [0.29, 0.717) is 12.0 Å². The van der Waals surface area contributed by atoms with Gasteiger partial charge in [-0.25, -0.2) is 0 Å². The lowest BCUT2D eigenvalue weighted by Gasteiger charge is -2.13. The van der Waals surface area contributed by atoms with Gasteiger partial charge in [0, 0.05) is 5.69 Å². The minimum atomic E-state index is 0.423. The van der Waals surface area contributed by atoms with Crippen molar-refractivity contribution in [1.29, 1.82) is 0 Å². The van der Waals surface area contributed by atoms with Crippen molar-refractivity contribution in [3.05, 3.63) is 64.2 Å². The lowest BCUT2D eigenvalue weighted by Crippen LogP contribution is -2.05. The van der Waals surface area contributed by atoms with Gasteiger partial charge in [0.1, 0.15) is 0 Å². The summed E-state index contributed by atoms with van der Waals surface area (Å²) in [7, 11) is 0. The highest BCUT2D eigenvalue weighted by Gasteiger charge is 2.23. The van der Waals surface area contributed by atoms with Crippen LogP contribution in [0.2, 0.25) is 0 Å². The fourth-order valence-electron chi connectivity index (χ4n) is 3.15. The van der Waals surface area contributed by atoms with Crippen LogP contribution in [-0.2, 0) is 6.42 Å². The maximum Gasteiger partial charge on any atom is 0.0555 e. The van der Waals surface area contributed by atoms with Crippen LogP contribution in [0.1, 0.15) is 53.6 Å². The highest BCUT2D eigenvalue weighted by molar-refractivity contribution is 5.62. The molecule has 1 N–H and O–H groups in total. The van der Waals surface area contributed by atoms with Crippen molar-refractivity contribution >= 4 is 5.69 Å². The third kappa shape index (κ3) is 2.33. The lowest BCUT2D eigenvalue weighted by molar-refractivity contribution is 0.814. The summed E-state index contributed by atoms with van der Waals surface area (Å²) in [5, 5.41) is 3.68. The van der Waals surface area contributed by atoms with E-state index in [9.17, 15) is 0 Å². The van der Waals surface area contributed by atoms with Crippen molar-refractivity contribution in [2.45, 2.75) is 46.1 Å². The first kappa shape index (κ1) is 13.2. The Hall–Kier alpha value is -1.76. The first-order valence-electron chi connectivity index (χ1n) is 7.51. The summed E-state index contributed by atoms with van der Waals surface area (Å²) in [6.45, 7) is 8.87. The van der Waals surface area contributed by atoms with Crippen LogP contribution in [0.15, 0.2) is 36.4 Å². The predicted octanol–water partition coefficient (Wildman–Crippen LogP) is 5.14. The average molecular weight is 265 g/mol. The van der Waals surface area contributed by atoms with Gasteiger partial charge in [-0.05, 0) is 60.1 Å². The van der Waals surface area contributed by atoms with E-state index in [0.717, 1.165) is 6.42 Å². The molecule has 1 atom stereocenters. The molecule has 104 valence electrons. The van der Waals surface area contributed by atoms with Crippen molar-refractivity contribution in [2.24, 2.45) is 0 Å². The molecule has 0 aliphatic carbocycles. The number of rotatable bonds is 2. The molecule has 0 radical (unpaired) electrons. The number of hydrogen-bond donors (Lipinski definition) is 1. The normalized spacial score (nSPS) is 17.1. The Morgan fingerprint density at radius 3 is 2.40 bits per heavy atom. The molecule has 1 aliphatic heterocycles. The molecule has 0 bridgehead atoms. The van der Waals surface area contributed by atoms with Gasteiger partial charge in [-0.2, -0.15) is 0 Å². The zero-order chi connectivity index (χ0) is 14.3. The molecule has 1 aliphatic rings. The van der Waals surface area contributed by atoms with E-state index < -0.39 is 0 Å². The number of fused-ring (bicyclic) bond motifs is 1. The topological polar surface area (TPSA) is 12.0 Å². The van der Waals surface area contributed by atoms with Crippen molar-refractivity contribution in [2.75, 3.05) is 5.32 Å². The summed E-state index contributed by atoms with van der Waals surface area (Å²) in [6, 6.07) is 14.1. The van der Waals surface area contributed by atoms with Gasteiger partial charge in [0.2, 0.25) is 0 Å². The Labute approximate surface area is 122 Å². The quantitative estimate of drug-likeness (QED) is 0.793. The molecule has 0 spiro atoms. The minimum absolute atomic E-state index is 0.423. The molecule has 0 saturated carbocycles. The Bertz CT molecular complexity index is 623. The molecule has 0 aromatic heterocycles. The van der Waals surface area contributed by atoms with Gasteiger partial charge >= 0.3 is 0 Å². The smallest absolute Gasteiger partial charge is 0.0555 e. The van der Waals surface area contributed by atoms with Crippen molar-refractivity contribution < 1.29 is 0 Å². The number of anilines is 1. The van der Waals surface area contributed by atoms with E-state index in [1.807, 2.05) is 0 Å². The molecule has 1 heterocycles. The van der Waals surface area contributed by atoms with Gasteiger partial charge in [-0.15, -0.1) is 0 Å². The van der Waals surface area contributed by atoms with Crippen LogP contribution in [0.25, 0.3) is 0 Å². The largest absolute Gasteiger partial charge is 0.378 e. The summed E-state index contributed by atoms with van der Waals surface area (Å²) in [5.74, 6) is 0.600. The second-order valence-electron chi connectivity index (χ2n) is 6.33. The second kappa shape index (κ2) is 4.97. The molecular weight excluding hydrogens is 242 g/mol. The Balaban J connectivity index is 1.86. The lowest BCUT2D eigenvalue weighted by atomic mass is 9.96. The molecule has 1 heteroatoms. The molecule has 0 fully saturated rings. The summed E-state index contributed by atoms with van der Waals surface area (Å²) < 4.78 is 0. The van der Waals surface area contributed by atoms with Crippen LogP contribution in [0.5, 0.6) is 0 Å². The van der Waals surface area contributed by atoms with E-state index in [4.69, 9.17) is 0 Å². The third-order valence-electron chi connectivity index (χ3n) is 4.36. The van der Waals surface area contributed by atoms with E-state index in [-0.39, 0.29) is 0 Å². The molecular formula is C19H23N. The maximum atomic E-state index is 3.68.